The van der Waals surface area contributed by atoms with Crippen LogP contribution in [0.4, 0.5) is 49.7 Å². The van der Waals surface area contributed by atoms with Crippen LogP contribution in [0.5, 0.6) is 5.75 Å². The van der Waals surface area contributed by atoms with Gasteiger partial charge in [0, 0.05) is 12.1 Å². The van der Waals surface area contributed by atoms with Gasteiger partial charge in [0.15, 0.2) is 12.4 Å². The number of rotatable bonds is 6. The average molecular weight is 630 g/mol. The number of alkyl halides is 10. The Balaban J connectivity index is 1.70. The SMILES string of the molecule is CC(C(=O)N1C[C@H](F)[C@H](NC(=O)c2cc(-c3cc(C(F)(F)F)c4c(N)ncnn34)ccc2OCC(F)(F)F)C1)C(F)(F)F. The zero-order valence-electron chi connectivity index (χ0n) is 21.6. The first-order chi connectivity index (χ1) is 19.8. The zero-order valence-corrected chi connectivity index (χ0v) is 21.6. The fraction of sp³-hybridized carbons (Fsp3) is 0.417. The van der Waals surface area contributed by atoms with Crippen molar-refractivity contribution in [1.29, 1.82) is 0 Å². The second-order valence-corrected chi connectivity index (χ2v) is 9.56. The monoisotopic (exact) mass is 630 g/mol. The minimum atomic E-state index is -4.94. The third-order valence-electron chi connectivity index (χ3n) is 6.54. The summed E-state index contributed by atoms with van der Waals surface area (Å²) in [6.45, 7) is -2.81. The Kier molecular flexibility index (Phi) is 8.14. The maximum Gasteiger partial charge on any atom is 0.422 e. The van der Waals surface area contributed by atoms with Crippen molar-refractivity contribution < 1.29 is 58.2 Å². The molecule has 3 aromatic rings. The van der Waals surface area contributed by atoms with E-state index in [1.54, 1.807) is 0 Å². The number of benzene rings is 1. The number of nitrogens with zero attached hydrogens (tertiary/aromatic N) is 4. The highest BCUT2D eigenvalue weighted by molar-refractivity contribution is 5.98. The highest BCUT2D eigenvalue weighted by Gasteiger charge is 2.46. The Labute approximate surface area is 234 Å². The summed E-state index contributed by atoms with van der Waals surface area (Å²) in [6, 6.07) is 1.80. The highest BCUT2D eigenvalue weighted by atomic mass is 19.4. The second-order valence-electron chi connectivity index (χ2n) is 9.56. The van der Waals surface area contributed by atoms with Crippen LogP contribution >= 0.6 is 0 Å². The molecular weight excluding hydrogens is 610 g/mol. The Bertz CT molecular complexity index is 1530. The predicted octanol–water partition coefficient (Wildman–Crippen LogP) is 4.42. The van der Waals surface area contributed by atoms with Crippen molar-refractivity contribution in [2.24, 2.45) is 5.92 Å². The van der Waals surface area contributed by atoms with Crippen LogP contribution in [-0.2, 0) is 11.0 Å². The summed E-state index contributed by atoms with van der Waals surface area (Å²) in [4.78, 5) is 29.4. The number of nitrogens with two attached hydrogens (primary N) is 1. The Morgan fingerprint density at radius 3 is 2.37 bits per heavy atom. The van der Waals surface area contributed by atoms with E-state index in [4.69, 9.17) is 10.5 Å². The van der Waals surface area contributed by atoms with E-state index in [1.807, 2.05) is 0 Å². The molecule has 9 nitrogen and oxygen atoms in total. The molecule has 3 heterocycles. The molecule has 1 fully saturated rings. The first kappa shape index (κ1) is 31.6. The van der Waals surface area contributed by atoms with Gasteiger partial charge in [0.25, 0.3) is 5.91 Å². The molecule has 2 amide bonds. The molecule has 0 bridgehead atoms. The van der Waals surface area contributed by atoms with Gasteiger partial charge in [-0.05, 0) is 31.2 Å². The number of carbonyl (C=O) groups is 2. The van der Waals surface area contributed by atoms with Gasteiger partial charge in [-0.15, -0.1) is 0 Å². The second kappa shape index (κ2) is 11.1. The van der Waals surface area contributed by atoms with E-state index >= 15 is 0 Å². The lowest BCUT2D eigenvalue weighted by atomic mass is 10.1. The van der Waals surface area contributed by atoms with Crippen molar-refractivity contribution >= 4 is 23.1 Å². The number of carbonyl (C=O) groups excluding carboxylic acids is 2. The van der Waals surface area contributed by atoms with Gasteiger partial charge in [0.2, 0.25) is 5.91 Å². The van der Waals surface area contributed by atoms with E-state index in [9.17, 15) is 53.5 Å². The Hall–Kier alpha value is -4.32. The summed E-state index contributed by atoms with van der Waals surface area (Å²) in [5.74, 6) is -6.45. The standard InChI is InChI=1S/C24H20F10N6O3/c1-10(23(29,30)31)21(42)39-6-14(25)15(7-39)38-20(41)12-4-11(2-3-17(12)43-8-22(26,27)28)16-5-13(24(32,33)34)18-19(35)36-9-37-40(16)18/h2-5,9-10,14-15H,6-8H2,1H3,(H,38,41)(H2,35,36,37)/t10?,14-,15+/m0/s1. The van der Waals surface area contributed by atoms with Crippen LogP contribution in [0.15, 0.2) is 30.6 Å². The van der Waals surface area contributed by atoms with E-state index in [0.717, 1.165) is 29.0 Å². The maximum absolute atomic E-state index is 14.7. The van der Waals surface area contributed by atoms with Gasteiger partial charge >= 0.3 is 18.5 Å². The lowest BCUT2D eigenvalue weighted by molar-refractivity contribution is -0.185. The molecule has 2 aromatic heterocycles. The number of hydrogen-bond donors (Lipinski definition) is 2. The molecule has 0 radical (unpaired) electrons. The van der Waals surface area contributed by atoms with Crippen molar-refractivity contribution in [3.8, 4) is 17.0 Å². The van der Waals surface area contributed by atoms with E-state index in [2.05, 4.69) is 15.4 Å². The molecule has 4 rings (SSSR count). The normalized spacial score (nSPS) is 18.6. The first-order valence-corrected chi connectivity index (χ1v) is 12.1. The summed E-state index contributed by atoms with van der Waals surface area (Å²) in [6.07, 6.45) is -15.9. The molecule has 0 aliphatic carbocycles. The first-order valence-electron chi connectivity index (χ1n) is 12.1. The molecule has 0 saturated carbocycles. The van der Waals surface area contributed by atoms with Crippen molar-refractivity contribution in [3.05, 3.63) is 41.7 Å². The van der Waals surface area contributed by atoms with Crippen LogP contribution < -0.4 is 15.8 Å². The maximum atomic E-state index is 14.7. The minimum Gasteiger partial charge on any atom is -0.483 e. The topological polar surface area (TPSA) is 115 Å². The van der Waals surface area contributed by atoms with Crippen molar-refractivity contribution in [1.82, 2.24) is 24.8 Å². The Morgan fingerprint density at radius 1 is 1.09 bits per heavy atom. The van der Waals surface area contributed by atoms with Crippen LogP contribution in [0, 0.1) is 5.92 Å². The van der Waals surface area contributed by atoms with Crippen molar-refractivity contribution in [2.75, 3.05) is 25.4 Å². The summed E-state index contributed by atoms with van der Waals surface area (Å²) < 4.78 is 139. The molecule has 234 valence electrons. The number of nitrogens with one attached hydrogen (secondary N) is 1. The quantitative estimate of drug-likeness (QED) is 0.390. The largest absolute Gasteiger partial charge is 0.483 e. The molecule has 43 heavy (non-hydrogen) atoms. The minimum absolute atomic E-state index is 0.188. The number of amides is 2. The molecule has 3 N–H and O–H groups in total. The van der Waals surface area contributed by atoms with Gasteiger partial charge < -0.3 is 20.7 Å². The number of anilines is 1. The van der Waals surface area contributed by atoms with Gasteiger partial charge in [-0.2, -0.15) is 44.6 Å². The molecule has 3 atom stereocenters. The van der Waals surface area contributed by atoms with Crippen LogP contribution in [-0.4, -0.2) is 75.6 Å². The number of aromatic nitrogens is 3. The van der Waals surface area contributed by atoms with Crippen molar-refractivity contribution in [2.45, 2.75) is 37.7 Å². The fourth-order valence-corrected chi connectivity index (χ4v) is 4.38. The smallest absolute Gasteiger partial charge is 0.422 e. The van der Waals surface area contributed by atoms with Crippen LogP contribution in [0.2, 0.25) is 0 Å². The van der Waals surface area contributed by atoms with Crippen molar-refractivity contribution in [3.63, 3.8) is 0 Å². The van der Waals surface area contributed by atoms with Gasteiger partial charge in [0.1, 0.15) is 29.7 Å². The fourth-order valence-electron chi connectivity index (χ4n) is 4.38. The number of fused-ring (bicyclic) bond motifs is 1. The van der Waals surface area contributed by atoms with E-state index in [1.165, 1.54) is 0 Å². The lowest BCUT2D eigenvalue weighted by Gasteiger charge is -2.22. The molecule has 1 unspecified atom stereocenters. The number of likely N-dealkylation sites (tertiary alicyclic amines) is 1. The summed E-state index contributed by atoms with van der Waals surface area (Å²) in [5.41, 5.74) is 2.54. The summed E-state index contributed by atoms with van der Waals surface area (Å²) >= 11 is 0. The zero-order chi connectivity index (χ0) is 32.1. The molecule has 1 aliphatic heterocycles. The van der Waals surface area contributed by atoms with Crippen LogP contribution in [0.3, 0.4) is 0 Å². The Morgan fingerprint density at radius 2 is 1.77 bits per heavy atom. The average Bonchev–Trinajstić information content (AvgIpc) is 3.47. The highest BCUT2D eigenvalue weighted by Crippen LogP contribution is 2.39. The molecule has 1 aromatic carbocycles. The van der Waals surface area contributed by atoms with Crippen LogP contribution in [0.25, 0.3) is 16.8 Å². The van der Waals surface area contributed by atoms with E-state index in [0.29, 0.717) is 17.9 Å². The molecule has 1 saturated heterocycles. The molecule has 0 spiro atoms. The lowest BCUT2D eigenvalue weighted by Crippen LogP contribution is -2.43. The number of hydrogen-bond acceptors (Lipinski definition) is 6. The predicted molar refractivity (Wildman–Crippen MR) is 127 cm³/mol. The number of halogens is 10. The van der Waals surface area contributed by atoms with Gasteiger partial charge in [0.05, 0.1) is 29.4 Å². The van der Waals surface area contributed by atoms with Gasteiger partial charge in [-0.3, -0.25) is 9.59 Å². The van der Waals surface area contributed by atoms with Crippen LogP contribution in [0.1, 0.15) is 22.8 Å². The number of nitrogen functional groups attached to an aromatic ring is 1. The van der Waals surface area contributed by atoms with E-state index < -0.39 is 96.4 Å². The molecular formula is C24H20F10N6O3. The number of ether oxygens (including phenoxy) is 1. The third kappa shape index (κ3) is 6.69. The van der Waals surface area contributed by atoms with Gasteiger partial charge in [-0.1, -0.05) is 0 Å². The third-order valence-corrected chi connectivity index (χ3v) is 6.54. The summed E-state index contributed by atoms with van der Waals surface area (Å²) in [5, 5.41) is 5.86. The molecule has 19 heteroatoms. The summed E-state index contributed by atoms with van der Waals surface area (Å²) in [7, 11) is 0. The van der Waals surface area contributed by atoms with E-state index in [-0.39, 0.29) is 11.3 Å². The molecule has 1 aliphatic rings. The van der Waals surface area contributed by atoms with Gasteiger partial charge in [-0.25, -0.2) is 13.9 Å².